The van der Waals surface area contributed by atoms with E-state index in [1.807, 2.05) is 0 Å². The Labute approximate surface area is 80.1 Å². The molecule has 0 amide bonds. The molecule has 1 rings (SSSR count). The Hall–Kier alpha value is -1.85. The average molecular weight is 198 g/mol. The number of carbonyl (C=O) groups excluding carboxylic acids is 1. The van der Waals surface area contributed by atoms with E-state index >= 15 is 0 Å². The molecule has 1 heterocycles. The monoisotopic (exact) mass is 198 g/mol. The SMILES string of the molecule is CCn1nc(C(=O)OC)cc1C(=O)O. The van der Waals surface area contributed by atoms with Crippen molar-refractivity contribution in [2.24, 2.45) is 0 Å². The quantitative estimate of drug-likeness (QED) is 0.710. The van der Waals surface area contributed by atoms with E-state index in [2.05, 4.69) is 9.84 Å². The Morgan fingerprint density at radius 2 is 2.29 bits per heavy atom. The van der Waals surface area contributed by atoms with Gasteiger partial charge in [0, 0.05) is 12.6 Å². The molecule has 1 N–H and O–H groups in total. The molecule has 0 saturated heterocycles. The van der Waals surface area contributed by atoms with Gasteiger partial charge in [-0.15, -0.1) is 0 Å². The van der Waals surface area contributed by atoms with Crippen molar-refractivity contribution in [1.29, 1.82) is 0 Å². The van der Waals surface area contributed by atoms with E-state index in [9.17, 15) is 9.59 Å². The summed E-state index contributed by atoms with van der Waals surface area (Å²) in [6.07, 6.45) is 0. The predicted octanol–water partition coefficient (Wildman–Crippen LogP) is 0.388. The van der Waals surface area contributed by atoms with Crippen LogP contribution in [0.15, 0.2) is 6.07 Å². The minimum absolute atomic E-state index is 0.00625. The van der Waals surface area contributed by atoms with Gasteiger partial charge in [-0.25, -0.2) is 9.59 Å². The van der Waals surface area contributed by atoms with Gasteiger partial charge in [0.15, 0.2) is 5.69 Å². The van der Waals surface area contributed by atoms with Crippen LogP contribution in [0, 0.1) is 0 Å². The van der Waals surface area contributed by atoms with Crippen molar-refractivity contribution in [2.45, 2.75) is 13.5 Å². The van der Waals surface area contributed by atoms with E-state index in [0.717, 1.165) is 0 Å². The molecule has 0 unspecified atom stereocenters. The number of esters is 1. The molecule has 1 aromatic rings. The van der Waals surface area contributed by atoms with Crippen molar-refractivity contribution in [3.05, 3.63) is 17.5 Å². The van der Waals surface area contributed by atoms with E-state index in [1.165, 1.54) is 17.9 Å². The second kappa shape index (κ2) is 3.91. The van der Waals surface area contributed by atoms with Gasteiger partial charge in [-0.05, 0) is 6.92 Å². The zero-order valence-corrected chi connectivity index (χ0v) is 7.85. The lowest BCUT2D eigenvalue weighted by atomic mass is 10.3. The normalized spacial score (nSPS) is 9.86. The Kier molecular flexibility index (Phi) is 2.85. The van der Waals surface area contributed by atoms with Crippen molar-refractivity contribution >= 4 is 11.9 Å². The lowest BCUT2D eigenvalue weighted by molar-refractivity contribution is 0.0592. The van der Waals surface area contributed by atoms with Gasteiger partial charge in [-0.2, -0.15) is 5.10 Å². The number of carboxylic acid groups (broad SMARTS) is 1. The topological polar surface area (TPSA) is 81.4 Å². The maximum atomic E-state index is 11.0. The standard InChI is InChI=1S/C8H10N2O4/c1-3-10-6(7(11)12)4-5(9-10)8(13)14-2/h4H,3H2,1-2H3,(H,11,12). The first-order valence-corrected chi connectivity index (χ1v) is 3.99. The van der Waals surface area contributed by atoms with E-state index in [0.29, 0.717) is 6.54 Å². The number of ether oxygens (including phenoxy) is 1. The summed E-state index contributed by atoms with van der Waals surface area (Å²) in [6.45, 7) is 2.12. The average Bonchev–Trinajstić information content (AvgIpc) is 2.60. The van der Waals surface area contributed by atoms with Crippen LogP contribution < -0.4 is 0 Å². The summed E-state index contributed by atoms with van der Waals surface area (Å²) in [6, 6.07) is 1.19. The van der Waals surface area contributed by atoms with E-state index in [4.69, 9.17) is 5.11 Å². The molecule has 0 fully saturated rings. The van der Waals surface area contributed by atoms with Gasteiger partial charge in [0.1, 0.15) is 5.69 Å². The predicted molar refractivity (Wildman–Crippen MR) is 46.2 cm³/mol. The summed E-state index contributed by atoms with van der Waals surface area (Å²) in [5.41, 5.74) is -0.0142. The van der Waals surface area contributed by atoms with Crippen LogP contribution in [0.1, 0.15) is 27.9 Å². The van der Waals surface area contributed by atoms with Gasteiger partial charge < -0.3 is 9.84 Å². The van der Waals surface area contributed by atoms with Gasteiger partial charge in [0.05, 0.1) is 7.11 Å². The lowest BCUT2D eigenvalue weighted by Crippen LogP contribution is -2.08. The molecule has 14 heavy (non-hydrogen) atoms. The van der Waals surface area contributed by atoms with Crippen LogP contribution in [0.25, 0.3) is 0 Å². The largest absolute Gasteiger partial charge is 0.477 e. The fourth-order valence-corrected chi connectivity index (χ4v) is 1.03. The fourth-order valence-electron chi connectivity index (χ4n) is 1.03. The van der Waals surface area contributed by atoms with Gasteiger partial charge >= 0.3 is 11.9 Å². The minimum atomic E-state index is -1.12. The Morgan fingerprint density at radius 3 is 2.64 bits per heavy atom. The van der Waals surface area contributed by atoms with Gasteiger partial charge in [-0.1, -0.05) is 0 Å². The molecule has 0 aliphatic rings. The van der Waals surface area contributed by atoms with Crippen LogP contribution in [-0.2, 0) is 11.3 Å². The molecule has 0 atom stereocenters. The number of carbonyl (C=O) groups is 2. The van der Waals surface area contributed by atoms with Crippen molar-refractivity contribution < 1.29 is 19.4 Å². The number of aromatic nitrogens is 2. The van der Waals surface area contributed by atoms with Crippen molar-refractivity contribution in [1.82, 2.24) is 9.78 Å². The zero-order chi connectivity index (χ0) is 10.7. The summed E-state index contributed by atoms with van der Waals surface area (Å²) in [7, 11) is 1.22. The molecule has 76 valence electrons. The molecule has 0 aliphatic carbocycles. The highest BCUT2D eigenvalue weighted by Gasteiger charge is 2.17. The van der Waals surface area contributed by atoms with E-state index < -0.39 is 11.9 Å². The maximum Gasteiger partial charge on any atom is 0.358 e. The summed E-state index contributed by atoms with van der Waals surface area (Å²) >= 11 is 0. The van der Waals surface area contributed by atoms with Crippen molar-refractivity contribution in [2.75, 3.05) is 7.11 Å². The smallest absolute Gasteiger partial charge is 0.358 e. The molecular weight excluding hydrogens is 188 g/mol. The second-order valence-corrected chi connectivity index (χ2v) is 2.53. The molecule has 6 nitrogen and oxygen atoms in total. The Morgan fingerprint density at radius 1 is 1.64 bits per heavy atom. The van der Waals surface area contributed by atoms with Crippen LogP contribution >= 0.6 is 0 Å². The highest BCUT2D eigenvalue weighted by molar-refractivity contribution is 5.92. The third kappa shape index (κ3) is 1.73. The minimum Gasteiger partial charge on any atom is -0.477 e. The molecule has 0 bridgehead atoms. The van der Waals surface area contributed by atoms with Crippen molar-refractivity contribution in [3.63, 3.8) is 0 Å². The zero-order valence-electron chi connectivity index (χ0n) is 7.85. The van der Waals surface area contributed by atoms with E-state index in [-0.39, 0.29) is 11.4 Å². The molecule has 0 aromatic carbocycles. The highest BCUT2D eigenvalue weighted by Crippen LogP contribution is 2.05. The fraction of sp³-hybridized carbons (Fsp3) is 0.375. The number of methoxy groups -OCH3 is 1. The first-order valence-electron chi connectivity index (χ1n) is 3.99. The van der Waals surface area contributed by atoms with Gasteiger partial charge in [0.2, 0.25) is 0 Å². The lowest BCUT2D eigenvalue weighted by Gasteiger charge is -1.97. The number of aromatic carboxylic acids is 1. The van der Waals surface area contributed by atoms with Crippen LogP contribution in [0.3, 0.4) is 0 Å². The van der Waals surface area contributed by atoms with Gasteiger partial charge in [-0.3, -0.25) is 4.68 Å². The molecule has 0 spiro atoms. The van der Waals surface area contributed by atoms with Crippen LogP contribution in [0.5, 0.6) is 0 Å². The molecule has 0 radical (unpaired) electrons. The number of carboxylic acids is 1. The Balaban J connectivity index is 3.13. The van der Waals surface area contributed by atoms with Crippen molar-refractivity contribution in [3.8, 4) is 0 Å². The van der Waals surface area contributed by atoms with E-state index in [1.54, 1.807) is 6.92 Å². The summed E-state index contributed by atoms with van der Waals surface area (Å²) < 4.78 is 5.65. The Bertz CT molecular complexity index is 369. The molecule has 0 saturated carbocycles. The maximum absolute atomic E-state index is 11.0. The third-order valence-electron chi connectivity index (χ3n) is 1.69. The number of hydrogen-bond acceptors (Lipinski definition) is 4. The van der Waals surface area contributed by atoms with Crippen LogP contribution in [-0.4, -0.2) is 33.9 Å². The molecule has 0 aliphatic heterocycles. The number of aryl methyl sites for hydroxylation is 1. The second-order valence-electron chi connectivity index (χ2n) is 2.53. The first kappa shape index (κ1) is 10.2. The summed E-state index contributed by atoms with van der Waals surface area (Å²) in [4.78, 5) is 21.7. The number of nitrogens with zero attached hydrogens (tertiary/aromatic N) is 2. The molecule has 1 aromatic heterocycles. The highest BCUT2D eigenvalue weighted by atomic mass is 16.5. The van der Waals surface area contributed by atoms with Crippen LogP contribution in [0.4, 0.5) is 0 Å². The van der Waals surface area contributed by atoms with Gasteiger partial charge in [0.25, 0.3) is 0 Å². The third-order valence-corrected chi connectivity index (χ3v) is 1.69. The summed E-state index contributed by atoms with van der Waals surface area (Å²) in [5.74, 6) is -1.76. The van der Waals surface area contributed by atoms with Crippen LogP contribution in [0.2, 0.25) is 0 Å². The summed E-state index contributed by atoms with van der Waals surface area (Å²) in [5, 5.41) is 12.5. The first-order chi connectivity index (χ1) is 6.60. The molecular formula is C8H10N2O4. The number of rotatable bonds is 3. The number of hydrogen-bond donors (Lipinski definition) is 1. The molecule has 6 heteroatoms.